The van der Waals surface area contributed by atoms with Crippen molar-refractivity contribution in [2.45, 2.75) is 89.5 Å². The Morgan fingerprint density at radius 2 is 1.68 bits per heavy atom. The number of piperidine rings is 1. The van der Waals surface area contributed by atoms with Crippen molar-refractivity contribution in [2.75, 3.05) is 42.9 Å². The number of nitriles is 1. The number of nitrogens with zero attached hydrogens (tertiary/aromatic N) is 7. The summed E-state index contributed by atoms with van der Waals surface area (Å²) >= 11 is 0. The molecule has 11 nitrogen and oxygen atoms in total. The number of anilines is 2. The van der Waals surface area contributed by atoms with Gasteiger partial charge in [-0.15, -0.1) is 5.10 Å². The Bertz CT molecular complexity index is 1570. The highest BCUT2D eigenvalue weighted by Crippen LogP contribution is 2.27. The third kappa shape index (κ3) is 9.70. The van der Waals surface area contributed by atoms with Crippen LogP contribution in [0.25, 0.3) is 10.9 Å². The molecule has 2 aromatic carbocycles. The summed E-state index contributed by atoms with van der Waals surface area (Å²) in [6.45, 7) is 6.99. The molecule has 1 saturated carbocycles. The van der Waals surface area contributed by atoms with E-state index in [1.165, 1.54) is 32.1 Å². The molecule has 4 N–H and O–H groups in total. The van der Waals surface area contributed by atoms with E-state index in [2.05, 4.69) is 48.6 Å². The molecule has 248 valence electrons. The van der Waals surface area contributed by atoms with E-state index in [-0.39, 0.29) is 0 Å². The van der Waals surface area contributed by atoms with Gasteiger partial charge < -0.3 is 26.2 Å². The lowest BCUT2D eigenvalue weighted by Gasteiger charge is -2.26. The highest BCUT2D eigenvalue weighted by atomic mass is 15.4. The van der Waals surface area contributed by atoms with Crippen LogP contribution >= 0.6 is 0 Å². The fourth-order valence-electron chi connectivity index (χ4n) is 6.61. The molecule has 2 aliphatic rings. The van der Waals surface area contributed by atoms with Crippen LogP contribution in [0.4, 0.5) is 11.8 Å². The van der Waals surface area contributed by atoms with E-state index in [9.17, 15) is 5.26 Å². The highest BCUT2D eigenvalue weighted by Gasteiger charge is 2.20. The monoisotopic (exact) mass is 635 g/mol. The Morgan fingerprint density at radius 1 is 0.872 bits per heavy atom. The lowest BCUT2D eigenvalue weighted by Crippen LogP contribution is -2.35. The lowest BCUT2D eigenvalue weighted by atomic mass is 9.95. The minimum atomic E-state index is 0.363. The van der Waals surface area contributed by atoms with Crippen molar-refractivity contribution in [2.24, 2.45) is 0 Å². The number of nitrogens with one attached hydrogen (secondary N) is 4. The van der Waals surface area contributed by atoms with E-state index in [1.807, 2.05) is 53.3 Å². The molecule has 0 spiro atoms. The van der Waals surface area contributed by atoms with E-state index in [0.717, 1.165) is 99.0 Å². The number of aromatic nitrogens is 5. The molecule has 6 rings (SSSR count). The van der Waals surface area contributed by atoms with Gasteiger partial charge in [-0.3, -0.25) is 4.68 Å². The largest absolute Gasteiger partial charge is 0.367 e. The van der Waals surface area contributed by atoms with Gasteiger partial charge >= 0.3 is 0 Å². The topological polar surface area (TPSA) is 132 Å². The predicted octanol–water partition coefficient (Wildman–Crippen LogP) is 4.76. The van der Waals surface area contributed by atoms with Crippen molar-refractivity contribution in [3.63, 3.8) is 0 Å². The summed E-state index contributed by atoms with van der Waals surface area (Å²) in [7, 11) is 0. The molecule has 1 aliphatic heterocycles. The normalized spacial score (nSPS) is 15.9. The molecule has 0 radical (unpaired) electrons. The van der Waals surface area contributed by atoms with Gasteiger partial charge in [-0.25, -0.2) is 4.98 Å². The van der Waals surface area contributed by atoms with Gasteiger partial charge in [0.05, 0.1) is 29.9 Å². The van der Waals surface area contributed by atoms with Crippen LogP contribution in [-0.4, -0.2) is 69.8 Å². The van der Waals surface area contributed by atoms with E-state index in [4.69, 9.17) is 9.97 Å². The second-order valence-corrected chi connectivity index (χ2v) is 12.9. The molecular formula is C36H49N11. The number of rotatable bonds is 16. The summed E-state index contributed by atoms with van der Waals surface area (Å²) in [5.41, 5.74) is 3.48. The fraction of sp³-hybridized carbons (Fsp3) is 0.528. The summed E-state index contributed by atoms with van der Waals surface area (Å²) in [4.78, 5) is 12.3. The molecule has 3 heterocycles. The van der Waals surface area contributed by atoms with Crippen LogP contribution in [0.2, 0.25) is 0 Å². The van der Waals surface area contributed by atoms with Crippen LogP contribution in [-0.2, 0) is 19.6 Å². The number of aryl methyl sites for hydroxylation is 1. The van der Waals surface area contributed by atoms with Gasteiger partial charge in [0.1, 0.15) is 11.5 Å². The first-order valence-corrected chi connectivity index (χ1v) is 17.5. The van der Waals surface area contributed by atoms with Gasteiger partial charge in [0.15, 0.2) is 0 Å². The number of benzene rings is 2. The van der Waals surface area contributed by atoms with E-state index in [1.54, 1.807) is 0 Å². The minimum absolute atomic E-state index is 0.363. The average Bonchev–Trinajstić information content (AvgIpc) is 3.57. The molecule has 1 saturated heterocycles. The lowest BCUT2D eigenvalue weighted by molar-refractivity contribution is 0.371. The third-order valence-corrected chi connectivity index (χ3v) is 9.26. The second-order valence-electron chi connectivity index (χ2n) is 12.9. The third-order valence-electron chi connectivity index (χ3n) is 9.26. The zero-order chi connectivity index (χ0) is 32.1. The first kappa shape index (κ1) is 32.8. The van der Waals surface area contributed by atoms with Gasteiger partial charge in [0, 0.05) is 30.6 Å². The molecular weight excluding hydrogens is 586 g/mol. The first-order chi connectivity index (χ1) is 23.2. The molecule has 2 aromatic heterocycles. The minimum Gasteiger partial charge on any atom is -0.367 e. The SMILES string of the molecule is N#Cc1ccc(CN(Cc2cn(CCCNCCCNC3CCCCC3)nn2)c2nc(NC3CCNCC3)c3ccccc3n2)cc1. The van der Waals surface area contributed by atoms with Gasteiger partial charge in [-0.1, -0.05) is 48.7 Å². The second kappa shape index (κ2) is 17.2. The molecule has 0 amide bonds. The van der Waals surface area contributed by atoms with Crippen molar-refractivity contribution >= 4 is 22.7 Å². The van der Waals surface area contributed by atoms with Crippen molar-refractivity contribution in [1.82, 2.24) is 40.9 Å². The molecule has 4 aromatic rings. The van der Waals surface area contributed by atoms with Crippen LogP contribution in [0.1, 0.15) is 74.6 Å². The number of hydrogen-bond acceptors (Lipinski definition) is 10. The van der Waals surface area contributed by atoms with Crippen molar-refractivity contribution in [3.05, 3.63) is 71.5 Å². The first-order valence-electron chi connectivity index (χ1n) is 17.5. The quantitative estimate of drug-likeness (QED) is 0.128. The predicted molar refractivity (Wildman–Crippen MR) is 187 cm³/mol. The molecule has 0 bridgehead atoms. The van der Waals surface area contributed by atoms with Crippen LogP contribution in [0.3, 0.4) is 0 Å². The number of hydrogen-bond donors (Lipinski definition) is 4. The standard InChI is InChI=1S/C36H49N11/c37-24-28-12-14-29(15-13-28)25-46(36-42-34-11-5-4-10-33(34)35(43-36)41-31-16-21-39-22-17-31)26-32-27-47(45-44-32)23-7-19-38-18-6-20-40-30-8-2-1-3-9-30/h4-5,10-15,27,30-31,38-40H,1-3,6-9,16-23,25-26H2,(H,41,42,43). The molecule has 47 heavy (non-hydrogen) atoms. The average molecular weight is 636 g/mol. The maximum atomic E-state index is 9.31. The Balaban J connectivity index is 1.09. The van der Waals surface area contributed by atoms with E-state index in [0.29, 0.717) is 30.6 Å². The Kier molecular flexibility index (Phi) is 12.0. The van der Waals surface area contributed by atoms with Gasteiger partial charge in [-0.05, 0) is 101 Å². The maximum Gasteiger partial charge on any atom is 0.228 e. The van der Waals surface area contributed by atoms with Gasteiger partial charge in [0.25, 0.3) is 0 Å². The van der Waals surface area contributed by atoms with Crippen molar-refractivity contribution < 1.29 is 0 Å². The molecule has 11 heteroatoms. The smallest absolute Gasteiger partial charge is 0.228 e. The zero-order valence-corrected chi connectivity index (χ0v) is 27.5. The van der Waals surface area contributed by atoms with E-state index < -0.39 is 0 Å². The summed E-state index contributed by atoms with van der Waals surface area (Å²) < 4.78 is 1.94. The summed E-state index contributed by atoms with van der Waals surface area (Å²) in [5, 5.41) is 33.8. The van der Waals surface area contributed by atoms with Crippen molar-refractivity contribution in [3.8, 4) is 6.07 Å². The molecule has 0 unspecified atom stereocenters. The van der Waals surface area contributed by atoms with Crippen LogP contribution in [0.15, 0.2) is 54.7 Å². The fourth-order valence-corrected chi connectivity index (χ4v) is 6.61. The Labute approximate surface area is 278 Å². The van der Waals surface area contributed by atoms with Crippen LogP contribution in [0.5, 0.6) is 0 Å². The van der Waals surface area contributed by atoms with Gasteiger partial charge in [0.2, 0.25) is 5.95 Å². The van der Waals surface area contributed by atoms with Gasteiger partial charge in [-0.2, -0.15) is 10.2 Å². The Hall–Kier alpha value is -4.11. The van der Waals surface area contributed by atoms with Crippen molar-refractivity contribution in [1.29, 1.82) is 5.26 Å². The molecule has 1 aliphatic carbocycles. The summed E-state index contributed by atoms with van der Waals surface area (Å²) in [5.74, 6) is 1.50. The highest BCUT2D eigenvalue weighted by molar-refractivity contribution is 5.90. The van der Waals surface area contributed by atoms with Crippen LogP contribution < -0.4 is 26.2 Å². The summed E-state index contributed by atoms with van der Waals surface area (Å²) in [6.07, 6.45) is 13.1. The summed E-state index contributed by atoms with van der Waals surface area (Å²) in [6, 6.07) is 19.2. The van der Waals surface area contributed by atoms with Crippen LogP contribution in [0, 0.1) is 11.3 Å². The molecule has 2 fully saturated rings. The maximum absolute atomic E-state index is 9.31. The number of fused-ring (bicyclic) bond motifs is 1. The van der Waals surface area contributed by atoms with E-state index >= 15 is 0 Å². The molecule has 0 atom stereocenters. The number of para-hydroxylation sites is 1. The Morgan fingerprint density at radius 3 is 2.51 bits per heavy atom. The zero-order valence-electron chi connectivity index (χ0n) is 27.5.